The Kier molecular flexibility index (Phi) is 3.39. The van der Waals surface area contributed by atoms with Crippen LogP contribution in [0.2, 0.25) is 0 Å². The van der Waals surface area contributed by atoms with E-state index in [4.69, 9.17) is 0 Å². The lowest BCUT2D eigenvalue weighted by molar-refractivity contribution is 0.968. The summed E-state index contributed by atoms with van der Waals surface area (Å²) in [7, 11) is 0. The maximum absolute atomic E-state index is 4.47. The van der Waals surface area contributed by atoms with Crippen molar-refractivity contribution in [2.75, 3.05) is 0 Å². The molecule has 0 unspecified atom stereocenters. The van der Waals surface area contributed by atoms with Crippen molar-refractivity contribution in [2.24, 2.45) is 0 Å². The Hall–Kier alpha value is -1.16. The zero-order valence-corrected chi connectivity index (χ0v) is 11.0. The molecule has 3 nitrogen and oxygen atoms in total. The van der Waals surface area contributed by atoms with Gasteiger partial charge in [-0.1, -0.05) is 19.9 Å². The predicted octanol–water partition coefficient (Wildman–Crippen LogP) is 3.36. The summed E-state index contributed by atoms with van der Waals surface area (Å²) >= 11 is 3.48. The molecule has 0 spiro atoms. The fraction of sp³-hybridized carbons (Fsp3) is 0.333. The lowest BCUT2D eigenvalue weighted by atomic mass is 10.0. The minimum Gasteiger partial charge on any atom is -0.281 e. The van der Waals surface area contributed by atoms with Gasteiger partial charge >= 0.3 is 0 Å². The molecule has 2 rings (SSSR count). The number of halogens is 1. The molecule has 0 aliphatic rings. The van der Waals surface area contributed by atoms with Crippen molar-refractivity contribution in [3.63, 3.8) is 0 Å². The van der Waals surface area contributed by atoms with Crippen LogP contribution in [0, 0.1) is 0 Å². The van der Waals surface area contributed by atoms with Crippen LogP contribution in [0.3, 0.4) is 0 Å². The average molecular weight is 280 g/mol. The van der Waals surface area contributed by atoms with E-state index in [-0.39, 0.29) is 0 Å². The summed E-state index contributed by atoms with van der Waals surface area (Å²) in [4.78, 5) is 4.47. The van der Waals surface area contributed by atoms with Gasteiger partial charge in [-0.15, -0.1) is 0 Å². The summed E-state index contributed by atoms with van der Waals surface area (Å²) in [5.74, 6) is 0. The van der Waals surface area contributed by atoms with Crippen LogP contribution in [0.5, 0.6) is 0 Å². The van der Waals surface area contributed by atoms with Crippen molar-refractivity contribution in [1.29, 1.82) is 0 Å². The molecule has 16 heavy (non-hydrogen) atoms. The lowest BCUT2D eigenvalue weighted by Gasteiger charge is -2.06. The molecule has 84 valence electrons. The zero-order valence-electron chi connectivity index (χ0n) is 9.42. The highest BCUT2D eigenvalue weighted by Gasteiger charge is 2.15. The van der Waals surface area contributed by atoms with Gasteiger partial charge < -0.3 is 0 Å². The Balaban J connectivity index is 2.61. The van der Waals surface area contributed by atoms with Crippen LogP contribution < -0.4 is 0 Å². The Bertz CT molecular complexity index is 491. The number of hydrogen-bond acceptors (Lipinski definition) is 2. The average Bonchev–Trinajstić information content (AvgIpc) is 2.70. The molecule has 0 atom stereocenters. The summed E-state index contributed by atoms with van der Waals surface area (Å²) in [5.41, 5.74) is 4.50. The third-order valence-electron chi connectivity index (χ3n) is 2.66. The SMILES string of the molecule is CCc1cccnc1-c1c(Br)n[nH]c1CC. The normalized spacial score (nSPS) is 10.7. The van der Waals surface area contributed by atoms with Crippen molar-refractivity contribution < 1.29 is 0 Å². The molecule has 2 aromatic rings. The molecule has 0 saturated carbocycles. The van der Waals surface area contributed by atoms with E-state index < -0.39 is 0 Å². The van der Waals surface area contributed by atoms with Gasteiger partial charge in [0.05, 0.1) is 11.3 Å². The molecular weight excluding hydrogens is 266 g/mol. The van der Waals surface area contributed by atoms with Gasteiger partial charge in [-0.2, -0.15) is 5.10 Å². The van der Waals surface area contributed by atoms with Crippen molar-refractivity contribution in [3.8, 4) is 11.3 Å². The second kappa shape index (κ2) is 4.78. The summed E-state index contributed by atoms with van der Waals surface area (Å²) in [6, 6.07) is 4.09. The minimum absolute atomic E-state index is 0.845. The third kappa shape index (κ3) is 1.89. The predicted molar refractivity (Wildman–Crippen MR) is 68.3 cm³/mol. The number of hydrogen-bond donors (Lipinski definition) is 1. The van der Waals surface area contributed by atoms with Gasteiger partial charge in [0.25, 0.3) is 0 Å². The number of aromatic amines is 1. The van der Waals surface area contributed by atoms with E-state index in [0.717, 1.165) is 34.4 Å². The van der Waals surface area contributed by atoms with Gasteiger partial charge in [0.2, 0.25) is 0 Å². The van der Waals surface area contributed by atoms with E-state index in [1.807, 2.05) is 12.3 Å². The quantitative estimate of drug-likeness (QED) is 0.936. The number of nitrogens with one attached hydrogen (secondary N) is 1. The van der Waals surface area contributed by atoms with Crippen LogP contribution >= 0.6 is 15.9 Å². The molecule has 1 N–H and O–H groups in total. The van der Waals surface area contributed by atoms with Gasteiger partial charge in [0.1, 0.15) is 4.60 Å². The maximum atomic E-state index is 4.47. The second-order valence-electron chi connectivity index (χ2n) is 3.59. The van der Waals surface area contributed by atoms with Crippen LogP contribution in [-0.2, 0) is 12.8 Å². The smallest absolute Gasteiger partial charge is 0.137 e. The molecule has 0 aliphatic heterocycles. The third-order valence-corrected chi connectivity index (χ3v) is 3.23. The number of aromatic nitrogens is 3. The molecule has 4 heteroatoms. The molecule has 0 fully saturated rings. The van der Waals surface area contributed by atoms with Gasteiger partial charge in [0, 0.05) is 11.9 Å². The monoisotopic (exact) mass is 279 g/mol. The second-order valence-corrected chi connectivity index (χ2v) is 4.34. The first-order valence-corrected chi connectivity index (χ1v) is 6.24. The Morgan fingerprint density at radius 3 is 2.81 bits per heavy atom. The number of H-pyrrole nitrogens is 1. The Labute approximate surface area is 103 Å². The number of aryl methyl sites for hydroxylation is 2. The summed E-state index contributed by atoms with van der Waals surface area (Å²) in [6.45, 7) is 4.25. The fourth-order valence-electron chi connectivity index (χ4n) is 1.80. The van der Waals surface area contributed by atoms with E-state index in [1.54, 1.807) is 0 Å². The molecule has 2 heterocycles. The molecule has 0 aromatic carbocycles. The molecule has 0 radical (unpaired) electrons. The van der Waals surface area contributed by atoms with E-state index in [2.05, 4.69) is 51.0 Å². The number of rotatable bonds is 3. The lowest BCUT2D eigenvalue weighted by Crippen LogP contribution is -1.93. The number of nitrogens with zero attached hydrogens (tertiary/aromatic N) is 2. The topological polar surface area (TPSA) is 41.6 Å². The van der Waals surface area contributed by atoms with Crippen molar-refractivity contribution in [2.45, 2.75) is 26.7 Å². The van der Waals surface area contributed by atoms with Gasteiger partial charge in [-0.25, -0.2) is 0 Å². The maximum Gasteiger partial charge on any atom is 0.137 e. The van der Waals surface area contributed by atoms with E-state index in [1.165, 1.54) is 5.56 Å². The van der Waals surface area contributed by atoms with E-state index >= 15 is 0 Å². The van der Waals surface area contributed by atoms with Gasteiger partial charge in [0.15, 0.2) is 0 Å². The van der Waals surface area contributed by atoms with Crippen LogP contribution in [0.25, 0.3) is 11.3 Å². The van der Waals surface area contributed by atoms with Crippen LogP contribution in [0.1, 0.15) is 25.1 Å². The van der Waals surface area contributed by atoms with Crippen LogP contribution in [0.4, 0.5) is 0 Å². The highest BCUT2D eigenvalue weighted by atomic mass is 79.9. The molecule has 0 amide bonds. The van der Waals surface area contributed by atoms with Crippen molar-refractivity contribution in [1.82, 2.24) is 15.2 Å². The van der Waals surface area contributed by atoms with Crippen LogP contribution in [-0.4, -0.2) is 15.2 Å². The molecule has 2 aromatic heterocycles. The van der Waals surface area contributed by atoms with Crippen molar-refractivity contribution in [3.05, 3.63) is 34.2 Å². The molecule has 0 aliphatic carbocycles. The fourth-order valence-corrected chi connectivity index (χ4v) is 2.31. The molecule has 0 saturated heterocycles. The largest absolute Gasteiger partial charge is 0.281 e. The van der Waals surface area contributed by atoms with Gasteiger partial charge in [-0.3, -0.25) is 10.1 Å². The van der Waals surface area contributed by atoms with E-state index in [9.17, 15) is 0 Å². The van der Waals surface area contributed by atoms with Crippen LogP contribution in [0.15, 0.2) is 22.9 Å². The summed E-state index contributed by atoms with van der Waals surface area (Å²) < 4.78 is 0.845. The first-order chi connectivity index (χ1) is 7.77. The first-order valence-electron chi connectivity index (χ1n) is 5.44. The highest BCUT2D eigenvalue weighted by molar-refractivity contribution is 9.10. The first kappa shape index (κ1) is 11.3. The zero-order chi connectivity index (χ0) is 11.5. The standard InChI is InChI=1S/C12H14BrN3/c1-3-8-6-5-7-14-11(8)10-9(4-2)15-16-12(10)13/h5-7H,3-4H2,1-2H3,(H,15,16). The number of pyridine rings is 1. The van der Waals surface area contributed by atoms with Crippen molar-refractivity contribution >= 4 is 15.9 Å². The summed E-state index contributed by atoms with van der Waals surface area (Å²) in [6.07, 6.45) is 3.73. The van der Waals surface area contributed by atoms with Gasteiger partial charge in [-0.05, 0) is 40.4 Å². The minimum atomic E-state index is 0.845. The Morgan fingerprint density at radius 1 is 1.31 bits per heavy atom. The molecular formula is C12H14BrN3. The Morgan fingerprint density at radius 2 is 2.12 bits per heavy atom. The molecule has 0 bridgehead atoms. The van der Waals surface area contributed by atoms with E-state index in [0.29, 0.717) is 0 Å². The summed E-state index contributed by atoms with van der Waals surface area (Å²) in [5, 5.41) is 7.23. The highest BCUT2D eigenvalue weighted by Crippen LogP contribution is 2.31.